The Morgan fingerprint density at radius 3 is 2.26 bits per heavy atom. The molecule has 1 aromatic heterocycles. The summed E-state index contributed by atoms with van der Waals surface area (Å²) in [4.78, 5) is 32.3. The summed E-state index contributed by atoms with van der Waals surface area (Å²) < 4.78 is 55.7. The van der Waals surface area contributed by atoms with E-state index in [0.29, 0.717) is 5.69 Å². The lowest BCUT2D eigenvalue weighted by atomic mass is 9.94. The Morgan fingerprint density at radius 2 is 1.60 bits per heavy atom. The molecule has 4 aromatic rings. The molecule has 2 amide bonds. The zero-order chi connectivity index (χ0) is 29.9. The second kappa shape index (κ2) is 12.4. The SMILES string of the molecule is O=C(NC1CCCCC1)[C@H](c1ccc(F)cc1)N(C(=O)c1ccc(-c2ccccc2)[nH]1)c1ccc(Cl)c(C(F)(F)F)c1. The second-order valence-electron chi connectivity index (χ2n) is 10.3. The Balaban J connectivity index is 1.64. The Bertz CT molecular complexity index is 1550. The van der Waals surface area contributed by atoms with Crippen molar-refractivity contribution >= 4 is 29.1 Å². The summed E-state index contributed by atoms with van der Waals surface area (Å²) in [6, 6.07) is 18.9. The fraction of sp³-hybridized carbons (Fsp3) is 0.250. The normalized spacial score (nSPS) is 14.8. The van der Waals surface area contributed by atoms with Crippen LogP contribution in [0.25, 0.3) is 11.3 Å². The number of anilines is 1. The number of carbonyl (C=O) groups excluding carboxylic acids is 2. The van der Waals surface area contributed by atoms with Crippen molar-refractivity contribution < 1.29 is 27.2 Å². The number of H-pyrrole nitrogens is 1. The van der Waals surface area contributed by atoms with Crippen LogP contribution in [-0.2, 0) is 11.0 Å². The molecule has 0 unspecified atom stereocenters. The van der Waals surface area contributed by atoms with Crippen LogP contribution in [0, 0.1) is 5.82 Å². The van der Waals surface area contributed by atoms with E-state index >= 15 is 0 Å². The van der Waals surface area contributed by atoms with Gasteiger partial charge in [-0.05, 0) is 66.4 Å². The van der Waals surface area contributed by atoms with Gasteiger partial charge in [0.2, 0.25) is 5.91 Å². The summed E-state index contributed by atoms with van der Waals surface area (Å²) in [5.74, 6) is -1.90. The van der Waals surface area contributed by atoms with Crippen LogP contribution in [0.1, 0.15) is 59.8 Å². The van der Waals surface area contributed by atoms with Crippen molar-refractivity contribution in [3.63, 3.8) is 0 Å². The molecule has 1 saturated carbocycles. The highest BCUT2D eigenvalue weighted by Gasteiger charge is 2.38. The summed E-state index contributed by atoms with van der Waals surface area (Å²) in [6.07, 6.45) is -0.445. The highest BCUT2D eigenvalue weighted by molar-refractivity contribution is 6.31. The lowest BCUT2D eigenvalue weighted by Gasteiger charge is -2.33. The molecule has 0 spiro atoms. The van der Waals surface area contributed by atoms with Crippen molar-refractivity contribution in [2.24, 2.45) is 0 Å². The lowest BCUT2D eigenvalue weighted by molar-refractivity contribution is -0.137. The first-order valence-electron chi connectivity index (χ1n) is 13.6. The van der Waals surface area contributed by atoms with Gasteiger partial charge in [0.25, 0.3) is 5.91 Å². The molecule has 218 valence electrons. The van der Waals surface area contributed by atoms with Gasteiger partial charge >= 0.3 is 6.18 Å². The van der Waals surface area contributed by atoms with Crippen molar-refractivity contribution in [2.75, 3.05) is 4.90 Å². The zero-order valence-corrected chi connectivity index (χ0v) is 23.2. The zero-order valence-electron chi connectivity index (χ0n) is 22.4. The summed E-state index contributed by atoms with van der Waals surface area (Å²) in [6.45, 7) is 0. The van der Waals surface area contributed by atoms with E-state index in [2.05, 4.69) is 10.3 Å². The van der Waals surface area contributed by atoms with Gasteiger partial charge in [-0.15, -0.1) is 0 Å². The van der Waals surface area contributed by atoms with E-state index in [4.69, 9.17) is 11.6 Å². The molecule has 0 saturated heterocycles. The van der Waals surface area contributed by atoms with E-state index in [0.717, 1.165) is 66.8 Å². The molecule has 0 bridgehead atoms. The van der Waals surface area contributed by atoms with Crippen LogP contribution < -0.4 is 10.2 Å². The van der Waals surface area contributed by atoms with E-state index in [9.17, 15) is 27.2 Å². The van der Waals surface area contributed by atoms with Crippen LogP contribution in [0.4, 0.5) is 23.2 Å². The van der Waals surface area contributed by atoms with E-state index in [1.165, 1.54) is 24.3 Å². The van der Waals surface area contributed by atoms with E-state index in [1.54, 1.807) is 6.07 Å². The number of amides is 2. The first kappa shape index (κ1) is 29.4. The first-order chi connectivity index (χ1) is 20.1. The molecule has 1 heterocycles. The summed E-state index contributed by atoms with van der Waals surface area (Å²) in [7, 11) is 0. The highest BCUT2D eigenvalue weighted by Crippen LogP contribution is 2.39. The molecule has 1 fully saturated rings. The van der Waals surface area contributed by atoms with Gasteiger partial charge in [0.15, 0.2) is 0 Å². The maximum absolute atomic E-state index is 14.2. The van der Waals surface area contributed by atoms with Crippen LogP contribution in [0.5, 0.6) is 0 Å². The molecule has 5 nitrogen and oxygen atoms in total. The third kappa shape index (κ3) is 6.51. The topological polar surface area (TPSA) is 65.2 Å². The van der Waals surface area contributed by atoms with E-state index in [-0.39, 0.29) is 23.0 Å². The predicted octanol–water partition coefficient (Wildman–Crippen LogP) is 8.33. The van der Waals surface area contributed by atoms with Gasteiger partial charge in [0, 0.05) is 17.4 Å². The van der Waals surface area contributed by atoms with Crippen molar-refractivity contribution in [1.82, 2.24) is 10.3 Å². The number of halogens is 5. The Hall–Kier alpha value is -4.11. The van der Waals surface area contributed by atoms with Crippen LogP contribution >= 0.6 is 11.6 Å². The first-order valence-corrected chi connectivity index (χ1v) is 14.0. The van der Waals surface area contributed by atoms with Gasteiger partial charge in [-0.2, -0.15) is 13.2 Å². The van der Waals surface area contributed by atoms with Crippen molar-refractivity contribution in [1.29, 1.82) is 0 Å². The number of hydrogen-bond acceptors (Lipinski definition) is 2. The molecule has 1 atom stereocenters. The fourth-order valence-corrected chi connectivity index (χ4v) is 5.51. The van der Waals surface area contributed by atoms with Crippen LogP contribution in [-0.4, -0.2) is 22.8 Å². The number of benzene rings is 3. The Labute approximate surface area is 245 Å². The molecule has 0 aliphatic heterocycles. The number of nitrogens with one attached hydrogen (secondary N) is 2. The summed E-state index contributed by atoms with van der Waals surface area (Å²) in [5, 5.41) is 2.44. The number of hydrogen-bond donors (Lipinski definition) is 2. The minimum absolute atomic E-state index is 0.0509. The van der Waals surface area contributed by atoms with Crippen molar-refractivity contribution in [3.05, 3.63) is 113 Å². The van der Waals surface area contributed by atoms with E-state index < -0.39 is 40.4 Å². The van der Waals surface area contributed by atoms with Gasteiger partial charge in [0.1, 0.15) is 17.6 Å². The Morgan fingerprint density at radius 1 is 0.905 bits per heavy atom. The molecule has 2 N–H and O–H groups in total. The number of carbonyl (C=O) groups is 2. The average Bonchev–Trinajstić information content (AvgIpc) is 3.48. The van der Waals surface area contributed by atoms with Gasteiger partial charge in [-0.25, -0.2) is 4.39 Å². The molecule has 1 aliphatic carbocycles. The van der Waals surface area contributed by atoms with Gasteiger partial charge in [0.05, 0.1) is 10.6 Å². The smallest absolute Gasteiger partial charge is 0.351 e. The van der Waals surface area contributed by atoms with Gasteiger partial charge in [-0.3, -0.25) is 14.5 Å². The van der Waals surface area contributed by atoms with Crippen molar-refractivity contribution in [2.45, 2.75) is 50.4 Å². The minimum atomic E-state index is -4.82. The third-order valence-electron chi connectivity index (χ3n) is 7.40. The molecule has 3 aromatic carbocycles. The van der Waals surface area contributed by atoms with Crippen molar-refractivity contribution in [3.8, 4) is 11.3 Å². The molecular formula is C32H28ClF4N3O2. The Kier molecular flexibility index (Phi) is 8.68. The number of aromatic nitrogens is 1. The van der Waals surface area contributed by atoms with Crippen LogP contribution in [0.15, 0.2) is 84.9 Å². The largest absolute Gasteiger partial charge is 0.417 e. The molecule has 0 radical (unpaired) electrons. The minimum Gasteiger partial charge on any atom is -0.351 e. The standard InChI is InChI=1S/C32H28ClF4N3O2/c33-26-16-15-24(19-25(26)32(35,36)37)40(31(42)28-18-17-27(39-28)20-7-3-1-4-8-20)29(21-11-13-22(34)14-12-21)30(41)38-23-9-5-2-6-10-23/h1,3-4,7-8,11-19,23,29,39H,2,5-6,9-10H2,(H,38,41)/t29-/m0/s1. The lowest BCUT2D eigenvalue weighted by Crippen LogP contribution is -2.47. The van der Waals surface area contributed by atoms with Gasteiger partial charge < -0.3 is 10.3 Å². The number of rotatable bonds is 7. The molecule has 1 aliphatic rings. The van der Waals surface area contributed by atoms with Crippen LogP contribution in [0.3, 0.4) is 0 Å². The molecular weight excluding hydrogens is 570 g/mol. The monoisotopic (exact) mass is 597 g/mol. The van der Waals surface area contributed by atoms with Crippen LogP contribution in [0.2, 0.25) is 5.02 Å². The number of nitrogens with zero attached hydrogens (tertiary/aromatic N) is 1. The maximum Gasteiger partial charge on any atom is 0.417 e. The number of aromatic amines is 1. The second-order valence-corrected chi connectivity index (χ2v) is 10.7. The maximum atomic E-state index is 14.2. The molecule has 42 heavy (non-hydrogen) atoms. The third-order valence-corrected chi connectivity index (χ3v) is 7.73. The van der Waals surface area contributed by atoms with Gasteiger partial charge in [-0.1, -0.05) is 73.3 Å². The summed E-state index contributed by atoms with van der Waals surface area (Å²) >= 11 is 5.91. The van der Waals surface area contributed by atoms with E-state index in [1.807, 2.05) is 30.3 Å². The summed E-state index contributed by atoms with van der Waals surface area (Å²) in [5.41, 5.74) is 0.337. The fourth-order valence-electron chi connectivity index (χ4n) is 5.29. The average molecular weight is 598 g/mol. The quantitative estimate of drug-likeness (QED) is 0.210. The molecule has 5 rings (SSSR count). The molecule has 10 heteroatoms. The number of alkyl halides is 3. The highest BCUT2D eigenvalue weighted by atomic mass is 35.5. The predicted molar refractivity (Wildman–Crippen MR) is 154 cm³/mol.